The first kappa shape index (κ1) is 41.8. The number of rotatable bonds is 32. The van der Waals surface area contributed by atoms with E-state index in [9.17, 15) is 0 Å². The van der Waals surface area contributed by atoms with Crippen LogP contribution in [-0.4, -0.2) is 38.0 Å². The molecule has 0 aliphatic heterocycles. The summed E-state index contributed by atoms with van der Waals surface area (Å²) in [6, 6.07) is 8.60. The summed E-state index contributed by atoms with van der Waals surface area (Å²) in [6.45, 7) is 5.31. The molecule has 0 atom stereocenters. The molecule has 0 fully saturated rings. The second-order valence-electron chi connectivity index (χ2n) is 12.6. The Labute approximate surface area is 287 Å². The van der Waals surface area contributed by atoms with E-state index >= 15 is 0 Å². The lowest BCUT2D eigenvalue weighted by Gasteiger charge is -2.05. The molecule has 8 heteroatoms. The fourth-order valence-electron chi connectivity index (χ4n) is 5.77. The first-order chi connectivity index (χ1) is 22.4. The average molecular weight is 659 g/mol. The number of ether oxygens (including phenoxy) is 2. The third kappa shape index (κ3) is 25.9. The van der Waals surface area contributed by atoms with Crippen LogP contribution < -0.4 is 4.57 Å². The Morgan fingerprint density at radius 3 is 1.67 bits per heavy atom. The van der Waals surface area contributed by atoms with Crippen molar-refractivity contribution in [3.8, 4) is 0 Å². The van der Waals surface area contributed by atoms with Gasteiger partial charge in [-0.1, -0.05) is 94.7 Å². The van der Waals surface area contributed by atoms with Gasteiger partial charge >= 0.3 is 0 Å². The summed E-state index contributed by atoms with van der Waals surface area (Å²) < 4.78 is 14.1. The summed E-state index contributed by atoms with van der Waals surface area (Å²) in [5, 5.41) is 3.58. The lowest BCUT2D eigenvalue weighted by molar-refractivity contribution is -0.697. The minimum Gasteiger partial charge on any atom is -0.381 e. The van der Waals surface area contributed by atoms with Crippen LogP contribution in [0.3, 0.4) is 0 Å². The normalized spacial score (nSPS) is 10.9. The van der Waals surface area contributed by atoms with Crippen LogP contribution in [0.15, 0.2) is 54.2 Å². The zero-order valence-corrected chi connectivity index (χ0v) is 29.7. The predicted molar refractivity (Wildman–Crippen MR) is 194 cm³/mol. The third-order valence-electron chi connectivity index (χ3n) is 8.47. The molecule has 0 saturated carbocycles. The van der Waals surface area contributed by atoms with Gasteiger partial charge in [-0.3, -0.25) is 4.98 Å². The molecule has 0 aromatic carbocycles. The van der Waals surface area contributed by atoms with Crippen LogP contribution in [0, 0.1) is 0 Å². The molecule has 0 bridgehead atoms. The molecular formula is C38H65ClN5O2+. The average Bonchev–Trinajstić information content (AvgIpc) is 3.07. The number of azide groups is 1. The Kier molecular flexibility index (Phi) is 29.8. The number of aromatic nitrogens is 2. The molecule has 0 aliphatic carbocycles. The topological polar surface area (TPSA) is 84.0 Å². The van der Waals surface area contributed by atoms with Crippen molar-refractivity contribution < 1.29 is 14.0 Å². The maximum atomic E-state index is 8.27. The second kappa shape index (κ2) is 32.7. The zero-order valence-electron chi connectivity index (χ0n) is 28.9. The molecule has 2 aromatic rings. The minimum atomic E-state index is 0. The summed E-state index contributed by atoms with van der Waals surface area (Å²) >= 11 is 0. The van der Waals surface area contributed by atoms with Gasteiger partial charge < -0.3 is 9.47 Å². The van der Waals surface area contributed by atoms with Gasteiger partial charge in [0.15, 0.2) is 12.4 Å². The Morgan fingerprint density at radius 2 is 1.11 bits per heavy atom. The van der Waals surface area contributed by atoms with Crippen molar-refractivity contribution in [2.24, 2.45) is 5.11 Å². The number of halogens is 1. The van der Waals surface area contributed by atoms with Crippen molar-refractivity contribution in [1.82, 2.24) is 4.98 Å². The number of aryl methyl sites for hydroxylation is 3. The van der Waals surface area contributed by atoms with Gasteiger partial charge in [0.1, 0.15) is 6.54 Å². The van der Waals surface area contributed by atoms with Crippen LogP contribution in [0.1, 0.15) is 140 Å². The highest BCUT2D eigenvalue weighted by molar-refractivity contribution is 5.85. The van der Waals surface area contributed by atoms with Gasteiger partial charge in [-0.15, -0.1) is 12.4 Å². The fraction of sp³-hybridized carbons (Fsp3) is 0.737. The van der Waals surface area contributed by atoms with E-state index in [2.05, 4.69) is 50.2 Å². The van der Waals surface area contributed by atoms with E-state index in [1.54, 1.807) is 0 Å². The number of hydrogen-bond acceptors (Lipinski definition) is 4. The van der Waals surface area contributed by atoms with E-state index in [4.69, 9.17) is 15.0 Å². The van der Waals surface area contributed by atoms with E-state index < -0.39 is 0 Å². The highest BCUT2D eigenvalue weighted by atomic mass is 35.5. The summed E-state index contributed by atoms with van der Waals surface area (Å²) in [5.41, 5.74) is 11.0. The monoisotopic (exact) mass is 658 g/mol. The van der Waals surface area contributed by atoms with Crippen LogP contribution in [0.5, 0.6) is 0 Å². The largest absolute Gasteiger partial charge is 0.381 e. The Balaban J connectivity index is 0.0000106. The molecule has 0 aliphatic rings. The molecule has 0 radical (unpaired) electrons. The smallest absolute Gasteiger partial charge is 0.171 e. The third-order valence-corrected chi connectivity index (χ3v) is 8.47. The zero-order chi connectivity index (χ0) is 31.7. The van der Waals surface area contributed by atoms with Crippen molar-refractivity contribution >= 4 is 12.4 Å². The van der Waals surface area contributed by atoms with Crippen molar-refractivity contribution in [3.63, 3.8) is 0 Å². The summed E-state index contributed by atoms with van der Waals surface area (Å²) in [6.07, 6.45) is 35.8. The molecule has 2 aromatic heterocycles. The van der Waals surface area contributed by atoms with Crippen LogP contribution in [0.4, 0.5) is 0 Å². The minimum absolute atomic E-state index is 0. The van der Waals surface area contributed by atoms with Crippen molar-refractivity contribution in [1.29, 1.82) is 0 Å². The first-order valence-corrected chi connectivity index (χ1v) is 18.4. The molecule has 2 rings (SSSR count). The highest BCUT2D eigenvalue weighted by Gasteiger charge is 2.04. The Morgan fingerprint density at radius 1 is 0.609 bits per heavy atom. The summed E-state index contributed by atoms with van der Waals surface area (Å²) in [4.78, 5) is 6.96. The molecule has 0 spiro atoms. The maximum absolute atomic E-state index is 8.27. The van der Waals surface area contributed by atoms with E-state index in [0.29, 0.717) is 6.54 Å². The van der Waals surface area contributed by atoms with Crippen molar-refractivity contribution in [2.75, 3.05) is 33.0 Å². The molecular weight excluding hydrogens is 594 g/mol. The lowest BCUT2D eigenvalue weighted by Crippen LogP contribution is -2.33. The molecule has 0 unspecified atom stereocenters. The molecule has 0 N–H and O–H groups in total. The van der Waals surface area contributed by atoms with Crippen LogP contribution in [-0.2, 0) is 28.9 Å². The molecule has 2 heterocycles. The molecule has 260 valence electrons. The van der Waals surface area contributed by atoms with E-state index in [0.717, 1.165) is 65.1 Å². The van der Waals surface area contributed by atoms with Crippen LogP contribution in [0.2, 0.25) is 0 Å². The van der Waals surface area contributed by atoms with Gasteiger partial charge in [-0.2, -0.15) is 0 Å². The number of unbranched alkanes of at least 4 members (excludes halogenated alkanes) is 16. The van der Waals surface area contributed by atoms with E-state index in [-0.39, 0.29) is 12.4 Å². The predicted octanol–water partition coefficient (Wildman–Crippen LogP) is 10.7. The van der Waals surface area contributed by atoms with Crippen LogP contribution >= 0.6 is 12.4 Å². The van der Waals surface area contributed by atoms with Crippen molar-refractivity contribution in [2.45, 2.75) is 148 Å². The molecule has 46 heavy (non-hydrogen) atoms. The fourth-order valence-corrected chi connectivity index (χ4v) is 5.77. The second-order valence-corrected chi connectivity index (χ2v) is 12.6. The standard InChI is InChI=1S/C38H64N5O2.ClH/c39-42-41-28-15-11-7-3-6-10-14-18-32-45-34-22-26-38-24-20-30-43(36-38)29-16-12-8-4-1-2-5-9-13-17-31-44-33-21-25-37-23-19-27-40-35-37;/h19-20,23-24,27,30,35-36H,1-18,21-22,25-26,28-29,31-34H2;1H/q+1;. The summed E-state index contributed by atoms with van der Waals surface area (Å²) in [5.74, 6) is 0. The number of nitrogens with zero attached hydrogens (tertiary/aromatic N) is 5. The lowest BCUT2D eigenvalue weighted by atomic mass is 10.1. The quantitative estimate of drug-likeness (QED) is 0.0258. The van der Waals surface area contributed by atoms with Gasteiger partial charge in [0, 0.05) is 68.3 Å². The van der Waals surface area contributed by atoms with E-state index in [1.165, 1.54) is 120 Å². The van der Waals surface area contributed by atoms with Gasteiger partial charge in [-0.05, 0) is 74.6 Å². The van der Waals surface area contributed by atoms with Gasteiger partial charge in [0.25, 0.3) is 0 Å². The van der Waals surface area contributed by atoms with Gasteiger partial charge in [0.2, 0.25) is 0 Å². The molecule has 7 nitrogen and oxygen atoms in total. The van der Waals surface area contributed by atoms with Gasteiger partial charge in [0.05, 0.1) is 0 Å². The van der Waals surface area contributed by atoms with Crippen LogP contribution in [0.25, 0.3) is 10.4 Å². The summed E-state index contributed by atoms with van der Waals surface area (Å²) in [7, 11) is 0. The molecule has 0 saturated heterocycles. The van der Waals surface area contributed by atoms with Gasteiger partial charge in [-0.25, -0.2) is 4.57 Å². The maximum Gasteiger partial charge on any atom is 0.171 e. The number of pyridine rings is 2. The first-order valence-electron chi connectivity index (χ1n) is 18.4. The molecule has 0 amide bonds. The Hall–Kier alpha value is -2.18. The SMILES string of the molecule is Cl.[N-]=[N+]=NCCCCCCCCCCOCCCc1ccc[n+](CCCCCCCCCCCCOCCCc2cccnc2)c1. The van der Waals surface area contributed by atoms with E-state index in [1.807, 2.05) is 18.5 Å². The Bertz CT molecular complexity index is 975. The highest BCUT2D eigenvalue weighted by Crippen LogP contribution is 2.12. The van der Waals surface area contributed by atoms with Crippen molar-refractivity contribution in [3.05, 3.63) is 70.6 Å². The number of hydrogen-bond donors (Lipinski definition) is 0.